The van der Waals surface area contributed by atoms with E-state index in [-0.39, 0.29) is 0 Å². The molecule has 2 heterocycles. The van der Waals surface area contributed by atoms with Crippen molar-refractivity contribution in [2.24, 2.45) is 0 Å². The van der Waals surface area contributed by atoms with Crippen molar-refractivity contribution in [1.82, 2.24) is 4.57 Å². The van der Waals surface area contributed by atoms with Crippen LogP contribution in [0.4, 0.5) is 17.1 Å². The van der Waals surface area contributed by atoms with Crippen molar-refractivity contribution in [2.45, 2.75) is 0 Å². The molecule has 2 aromatic heterocycles. The Kier molecular flexibility index (Phi) is 7.82. The monoisotopic (exact) mass is 728 g/mol. The number of rotatable bonds is 7. The molecule has 0 aliphatic heterocycles. The molecule has 0 N–H and O–H groups in total. The third-order valence-electron chi connectivity index (χ3n) is 11.2. The normalized spacial score (nSPS) is 11.5. The van der Waals surface area contributed by atoms with Crippen molar-refractivity contribution < 1.29 is 4.42 Å². The lowest BCUT2D eigenvalue weighted by molar-refractivity contribution is 0.669. The molecule has 0 bridgehead atoms. The third-order valence-corrected chi connectivity index (χ3v) is 11.2. The van der Waals surface area contributed by atoms with Gasteiger partial charge < -0.3 is 13.9 Å². The lowest BCUT2D eigenvalue weighted by atomic mass is 9.99. The van der Waals surface area contributed by atoms with E-state index < -0.39 is 0 Å². The number of fused-ring (bicyclic) bond motifs is 6. The number of hydrogen-bond acceptors (Lipinski definition) is 2. The van der Waals surface area contributed by atoms with Crippen LogP contribution in [0, 0.1) is 0 Å². The van der Waals surface area contributed by atoms with Gasteiger partial charge in [-0.15, -0.1) is 0 Å². The molecule has 268 valence electrons. The number of benzene rings is 9. The quantitative estimate of drug-likeness (QED) is 0.163. The first kappa shape index (κ1) is 32.8. The predicted molar refractivity (Wildman–Crippen MR) is 239 cm³/mol. The maximum Gasteiger partial charge on any atom is 0.137 e. The minimum absolute atomic E-state index is 0.867. The van der Waals surface area contributed by atoms with Gasteiger partial charge in [0, 0.05) is 50.2 Å². The predicted octanol–water partition coefficient (Wildman–Crippen LogP) is 15.2. The molecule has 0 aliphatic rings. The summed E-state index contributed by atoms with van der Waals surface area (Å²) in [6.45, 7) is 0. The zero-order chi connectivity index (χ0) is 37.7. The molecule has 0 spiro atoms. The molecule has 0 atom stereocenters. The molecule has 0 radical (unpaired) electrons. The first-order valence-electron chi connectivity index (χ1n) is 19.4. The minimum atomic E-state index is 0.867. The van der Waals surface area contributed by atoms with Gasteiger partial charge in [0.05, 0.1) is 16.7 Å². The fourth-order valence-electron chi connectivity index (χ4n) is 8.57. The molecular weight excluding hydrogens is 693 g/mol. The maximum absolute atomic E-state index is 6.38. The Hall–Kier alpha value is -7.62. The van der Waals surface area contributed by atoms with Crippen LogP contribution in [0.25, 0.3) is 82.8 Å². The smallest absolute Gasteiger partial charge is 0.137 e. The van der Waals surface area contributed by atoms with E-state index >= 15 is 0 Å². The molecule has 0 unspecified atom stereocenters. The lowest BCUT2D eigenvalue weighted by Crippen LogP contribution is -2.09. The summed E-state index contributed by atoms with van der Waals surface area (Å²) in [5.41, 5.74) is 15.6. The van der Waals surface area contributed by atoms with E-state index in [1.165, 1.54) is 49.6 Å². The summed E-state index contributed by atoms with van der Waals surface area (Å²) in [5, 5.41) is 4.74. The van der Waals surface area contributed by atoms with Crippen LogP contribution in [-0.4, -0.2) is 4.57 Å². The Balaban J connectivity index is 1.04. The molecular formula is C54H36N2O. The number of aromatic nitrogens is 1. The van der Waals surface area contributed by atoms with Gasteiger partial charge in [0.15, 0.2) is 0 Å². The Labute approximate surface area is 330 Å². The topological polar surface area (TPSA) is 21.3 Å². The van der Waals surface area contributed by atoms with Crippen LogP contribution in [0.5, 0.6) is 0 Å². The van der Waals surface area contributed by atoms with Gasteiger partial charge in [-0.25, -0.2) is 0 Å². The second-order valence-corrected chi connectivity index (χ2v) is 14.5. The average molecular weight is 729 g/mol. The van der Waals surface area contributed by atoms with Gasteiger partial charge in [-0.05, 0) is 88.5 Å². The molecule has 0 saturated carbocycles. The zero-order valence-electron chi connectivity index (χ0n) is 31.1. The van der Waals surface area contributed by atoms with Gasteiger partial charge in [0.25, 0.3) is 0 Å². The van der Waals surface area contributed by atoms with E-state index in [1.807, 2.05) is 12.1 Å². The Morgan fingerprint density at radius 2 is 0.860 bits per heavy atom. The number of para-hydroxylation sites is 3. The summed E-state index contributed by atoms with van der Waals surface area (Å²) in [6, 6.07) is 78.0. The van der Waals surface area contributed by atoms with Crippen LogP contribution in [0.2, 0.25) is 0 Å². The fourth-order valence-corrected chi connectivity index (χ4v) is 8.57. The van der Waals surface area contributed by atoms with Gasteiger partial charge in [-0.2, -0.15) is 0 Å². The second kappa shape index (κ2) is 13.6. The van der Waals surface area contributed by atoms with Crippen molar-refractivity contribution in [3.8, 4) is 39.1 Å². The summed E-state index contributed by atoms with van der Waals surface area (Å²) >= 11 is 0. The van der Waals surface area contributed by atoms with Crippen LogP contribution in [0.1, 0.15) is 0 Å². The van der Waals surface area contributed by atoms with E-state index in [1.54, 1.807) is 0 Å². The molecule has 0 saturated heterocycles. The Bertz CT molecular complexity index is 3210. The van der Waals surface area contributed by atoms with Gasteiger partial charge >= 0.3 is 0 Å². The SMILES string of the molecule is c1ccc(-c2ccc(N(c3ccc(-c4ccccc4-n4c5ccccc5c5c(-c6ccccc6)cccc54)cc3)c3ccc4c(c3)oc3ccccc34)cc2)cc1. The number of hydrogen-bond donors (Lipinski definition) is 0. The fraction of sp³-hybridized carbons (Fsp3) is 0. The number of anilines is 3. The second-order valence-electron chi connectivity index (χ2n) is 14.5. The molecule has 57 heavy (non-hydrogen) atoms. The largest absolute Gasteiger partial charge is 0.456 e. The highest BCUT2D eigenvalue weighted by Gasteiger charge is 2.20. The van der Waals surface area contributed by atoms with E-state index in [2.05, 4.69) is 216 Å². The molecule has 11 aromatic rings. The Morgan fingerprint density at radius 1 is 0.333 bits per heavy atom. The van der Waals surface area contributed by atoms with Crippen LogP contribution >= 0.6 is 0 Å². The van der Waals surface area contributed by atoms with Crippen molar-refractivity contribution in [2.75, 3.05) is 4.90 Å². The van der Waals surface area contributed by atoms with Crippen LogP contribution < -0.4 is 4.90 Å². The summed E-state index contributed by atoms with van der Waals surface area (Å²) < 4.78 is 8.82. The zero-order valence-corrected chi connectivity index (χ0v) is 31.1. The van der Waals surface area contributed by atoms with Crippen molar-refractivity contribution in [3.63, 3.8) is 0 Å². The van der Waals surface area contributed by atoms with Crippen molar-refractivity contribution >= 4 is 60.8 Å². The molecule has 11 rings (SSSR count). The van der Waals surface area contributed by atoms with Gasteiger partial charge in [0.1, 0.15) is 11.2 Å². The summed E-state index contributed by atoms with van der Waals surface area (Å²) in [4.78, 5) is 2.31. The standard InChI is InChI=1S/C54H36N2O/c1-3-14-37(15-4-1)38-26-30-41(31-27-38)55(43-34-35-47-46-19-9-12-25-52(46)57-53(47)36-43)42-32-28-40(29-33-42)44-18-7-10-22-49(44)56-50-23-11-8-20-48(50)54-45(21-13-24-51(54)56)39-16-5-2-6-17-39/h1-36H. The Morgan fingerprint density at radius 3 is 1.63 bits per heavy atom. The first-order chi connectivity index (χ1) is 28.3. The van der Waals surface area contributed by atoms with E-state index in [4.69, 9.17) is 4.42 Å². The van der Waals surface area contributed by atoms with Crippen LogP contribution in [0.15, 0.2) is 223 Å². The summed E-state index contributed by atoms with van der Waals surface area (Å²) in [6.07, 6.45) is 0. The molecule has 9 aromatic carbocycles. The highest BCUT2D eigenvalue weighted by Crippen LogP contribution is 2.43. The maximum atomic E-state index is 6.38. The molecule has 3 nitrogen and oxygen atoms in total. The average Bonchev–Trinajstić information content (AvgIpc) is 3.83. The van der Waals surface area contributed by atoms with Crippen molar-refractivity contribution in [3.05, 3.63) is 218 Å². The van der Waals surface area contributed by atoms with Crippen molar-refractivity contribution in [1.29, 1.82) is 0 Å². The highest BCUT2D eigenvalue weighted by molar-refractivity contribution is 6.16. The number of furan rings is 1. The molecule has 0 amide bonds. The van der Waals surface area contributed by atoms with E-state index in [9.17, 15) is 0 Å². The van der Waals surface area contributed by atoms with E-state index in [0.29, 0.717) is 0 Å². The minimum Gasteiger partial charge on any atom is -0.456 e. The lowest BCUT2D eigenvalue weighted by Gasteiger charge is -2.26. The number of nitrogens with zero attached hydrogens (tertiary/aromatic N) is 2. The first-order valence-corrected chi connectivity index (χ1v) is 19.4. The van der Waals surface area contributed by atoms with Gasteiger partial charge in [-0.1, -0.05) is 152 Å². The molecule has 0 aliphatic carbocycles. The summed E-state index contributed by atoms with van der Waals surface area (Å²) in [5.74, 6) is 0. The van der Waals surface area contributed by atoms with Gasteiger partial charge in [-0.3, -0.25) is 0 Å². The molecule has 0 fully saturated rings. The highest BCUT2D eigenvalue weighted by atomic mass is 16.3. The van der Waals surface area contributed by atoms with Gasteiger partial charge in [0.2, 0.25) is 0 Å². The van der Waals surface area contributed by atoms with Crippen LogP contribution in [-0.2, 0) is 0 Å². The van der Waals surface area contributed by atoms with E-state index in [0.717, 1.165) is 50.3 Å². The third kappa shape index (κ3) is 5.60. The molecule has 3 heteroatoms. The van der Waals surface area contributed by atoms with Crippen LogP contribution in [0.3, 0.4) is 0 Å². The summed E-state index contributed by atoms with van der Waals surface area (Å²) in [7, 11) is 0.